The molecule has 1 aliphatic rings. The zero-order valence-corrected chi connectivity index (χ0v) is 10.5. The van der Waals surface area contributed by atoms with Crippen LogP contribution in [0.3, 0.4) is 0 Å². The van der Waals surface area contributed by atoms with E-state index in [1.807, 2.05) is 19.1 Å². The lowest BCUT2D eigenvalue weighted by molar-refractivity contribution is 0.167. The van der Waals surface area contributed by atoms with Crippen LogP contribution in [0.2, 0.25) is 0 Å². The molecular formula is C14H21FN2. The van der Waals surface area contributed by atoms with Crippen molar-refractivity contribution in [1.29, 1.82) is 0 Å². The van der Waals surface area contributed by atoms with Crippen molar-refractivity contribution in [3.05, 3.63) is 35.1 Å². The van der Waals surface area contributed by atoms with Gasteiger partial charge in [0.05, 0.1) is 0 Å². The first kappa shape index (κ1) is 12.5. The maximum atomic E-state index is 13.3. The Morgan fingerprint density at radius 2 is 2.00 bits per heavy atom. The highest BCUT2D eigenvalue weighted by atomic mass is 19.1. The molecule has 0 radical (unpaired) electrons. The number of likely N-dealkylation sites (tertiary alicyclic amines) is 1. The highest BCUT2D eigenvalue weighted by molar-refractivity contribution is 5.27. The summed E-state index contributed by atoms with van der Waals surface area (Å²) in [5, 5.41) is 0. The van der Waals surface area contributed by atoms with E-state index < -0.39 is 0 Å². The molecule has 1 aromatic carbocycles. The van der Waals surface area contributed by atoms with Crippen molar-refractivity contribution >= 4 is 0 Å². The molecule has 3 heteroatoms. The molecule has 0 bridgehead atoms. The summed E-state index contributed by atoms with van der Waals surface area (Å²) in [7, 11) is 0. The van der Waals surface area contributed by atoms with E-state index in [1.54, 1.807) is 6.07 Å². The zero-order valence-electron chi connectivity index (χ0n) is 10.5. The standard InChI is InChI=1S/C14H21FN2/c1-11-9-12(5-6-13(11)15)14(10-16)17-7-3-2-4-8-17/h5-6,9,14H,2-4,7-8,10,16H2,1H3. The molecule has 17 heavy (non-hydrogen) atoms. The molecular weight excluding hydrogens is 215 g/mol. The molecule has 0 saturated carbocycles. The van der Waals surface area contributed by atoms with Gasteiger partial charge in [0.15, 0.2) is 0 Å². The average Bonchev–Trinajstić information content (AvgIpc) is 2.36. The maximum Gasteiger partial charge on any atom is 0.126 e. The molecule has 0 aromatic heterocycles. The van der Waals surface area contributed by atoms with Crippen LogP contribution in [0.25, 0.3) is 0 Å². The first-order valence-electron chi connectivity index (χ1n) is 6.42. The number of hydrogen-bond acceptors (Lipinski definition) is 2. The lowest BCUT2D eigenvalue weighted by Crippen LogP contribution is -2.37. The van der Waals surface area contributed by atoms with Crippen LogP contribution in [0.1, 0.15) is 36.4 Å². The molecule has 1 atom stereocenters. The number of halogens is 1. The van der Waals surface area contributed by atoms with E-state index in [4.69, 9.17) is 5.73 Å². The molecule has 2 N–H and O–H groups in total. The Morgan fingerprint density at radius 3 is 2.59 bits per heavy atom. The first-order chi connectivity index (χ1) is 8.22. The monoisotopic (exact) mass is 236 g/mol. The van der Waals surface area contributed by atoms with E-state index in [-0.39, 0.29) is 11.9 Å². The quantitative estimate of drug-likeness (QED) is 0.874. The summed E-state index contributed by atoms with van der Waals surface area (Å²) in [6.45, 7) is 4.63. The number of nitrogens with two attached hydrogens (primary N) is 1. The van der Waals surface area contributed by atoms with Gasteiger partial charge in [-0.3, -0.25) is 4.90 Å². The van der Waals surface area contributed by atoms with E-state index in [9.17, 15) is 4.39 Å². The predicted octanol–water partition coefficient (Wildman–Crippen LogP) is 2.62. The third-order valence-electron chi connectivity index (χ3n) is 3.62. The van der Waals surface area contributed by atoms with E-state index in [0.717, 1.165) is 18.7 Å². The Kier molecular flexibility index (Phi) is 4.13. The van der Waals surface area contributed by atoms with Crippen LogP contribution >= 0.6 is 0 Å². The number of rotatable bonds is 3. The maximum absolute atomic E-state index is 13.3. The van der Waals surface area contributed by atoms with E-state index in [0.29, 0.717) is 12.1 Å². The minimum absolute atomic E-state index is 0.136. The van der Waals surface area contributed by atoms with Crippen LogP contribution in [0.15, 0.2) is 18.2 Å². The van der Waals surface area contributed by atoms with Gasteiger partial charge in [0, 0.05) is 12.6 Å². The van der Waals surface area contributed by atoms with Gasteiger partial charge in [-0.25, -0.2) is 4.39 Å². The number of benzene rings is 1. The molecule has 1 fully saturated rings. The van der Waals surface area contributed by atoms with E-state index >= 15 is 0 Å². The fourth-order valence-corrected chi connectivity index (χ4v) is 2.60. The molecule has 0 aliphatic carbocycles. The van der Waals surface area contributed by atoms with E-state index in [1.165, 1.54) is 19.3 Å². The molecule has 0 amide bonds. The van der Waals surface area contributed by atoms with Crippen molar-refractivity contribution in [2.24, 2.45) is 5.73 Å². The van der Waals surface area contributed by atoms with Gasteiger partial charge in [-0.2, -0.15) is 0 Å². The van der Waals surface area contributed by atoms with Gasteiger partial charge in [0.1, 0.15) is 5.82 Å². The Hall–Kier alpha value is -0.930. The molecule has 2 nitrogen and oxygen atoms in total. The Morgan fingerprint density at radius 1 is 1.29 bits per heavy atom. The minimum atomic E-state index is -0.136. The Balaban J connectivity index is 2.18. The van der Waals surface area contributed by atoms with Crippen LogP contribution in [0.5, 0.6) is 0 Å². The second-order valence-electron chi connectivity index (χ2n) is 4.86. The van der Waals surface area contributed by atoms with Crippen molar-refractivity contribution in [2.45, 2.75) is 32.2 Å². The molecule has 1 aromatic rings. The molecule has 1 saturated heterocycles. The highest BCUT2D eigenvalue weighted by Gasteiger charge is 2.21. The van der Waals surface area contributed by atoms with Gasteiger partial charge in [-0.1, -0.05) is 18.6 Å². The van der Waals surface area contributed by atoms with Gasteiger partial charge >= 0.3 is 0 Å². The molecule has 1 heterocycles. The summed E-state index contributed by atoms with van der Waals surface area (Å²) in [5.41, 5.74) is 7.74. The van der Waals surface area contributed by atoms with E-state index in [2.05, 4.69) is 4.90 Å². The van der Waals surface area contributed by atoms with Crippen molar-refractivity contribution < 1.29 is 4.39 Å². The van der Waals surface area contributed by atoms with Gasteiger partial charge in [-0.05, 0) is 50.0 Å². The summed E-state index contributed by atoms with van der Waals surface area (Å²) in [5.74, 6) is -0.136. The fraction of sp³-hybridized carbons (Fsp3) is 0.571. The van der Waals surface area contributed by atoms with Crippen molar-refractivity contribution in [2.75, 3.05) is 19.6 Å². The van der Waals surface area contributed by atoms with Gasteiger partial charge < -0.3 is 5.73 Å². The molecule has 0 spiro atoms. The number of hydrogen-bond donors (Lipinski definition) is 1. The molecule has 1 aliphatic heterocycles. The molecule has 1 unspecified atom stereocenters. The van der Waals surface area contributed by atoms with Gasteiger partial charge in [-0.15, -0.1) is 0 Å². The van der Waals surface area contributed by atoms with Crippen LogP contribution in [-0.4, -0.2) is 24.5 Å². The third kappa shape index (κ3) is 2.85. The minimum Gasteiger partial charge on any atom is -0.329 e. The van der Waals surface area contributed by atoms with Gasteiger partial charge in [0.2, 0.25) is 0 Å². The summed E-state index contributed by atoms with van der Waals surface area (Å²) < 4.78 is 13.3. The van der Waals surface area contributed by atoms with Crippen LogP contribution in [-0.2, 0) is 0 Å². The molecule has 2 rings (SSSR count). The normalized spacial score (nSPS) is 19.2. The third-order valence-corrected chi connectivity index (χ3v) is 3.62. The Labute approximate surface area is 103 Å². The van der Waals surface area contributed by atoms with Crippen LogP contribution in [0, 0.1) is 12.7 Å². The van der Waals surface area contributed by atoms with Crippen molar-refractivity contribution in [3.63, 3.8) is 0 Å². The smallest absolute Gasteiger partial charge is 0.126 e. The van der Waals surface area contributed by atoms with Crippen molar-refractivity contribution in [3.8, 4) is 0 Å². The zero-order chi connectivity index (χ0) is 12.3. The van der Waals surface area contributed by atoms with Crippen LogP contribution in [0.4, 0.5) is 4.39 Å². The van der Waals surface area contributed by atoms with Crippen LogP contribution < -0.4 is 5.73 Å². The highest BCUT2D eigenvalue weighted by Crippen LogP contribution is 2.25. The Bertz CT molecular complexity index is 372. The number of piperidine rings is 1. The number of nitrogens with zero attached hydrogens (tertiary/aromatic N) is 1. The summed E-state index contributed by atoms with van der Waals surface area (Å²) in [6, 6.07) is 5.60. The van der Waals surface area contributed by atoms with Gasteiger partial charge in [0.25, 0.3) is 0 Å². The SMILES string of the molecule is Cc1cc(C(CN)N2CCCCC2)ccc1F. The summed E-state index contributed by atoms with van der Waals surface area (Å²) in [6.07, 6.45) is 3.81. The first-order valence-corrected chi connectivity index (χ1v) is 6.42. The second kappa shape index (κ2) is 5.61. The average molecular weight is 236 g/mol. The molecule has 94 valence electrons. The summed E-state index contributed by atoms with van der Waals surface area (Å²) >= 11 is 0. The topological polar surface area (TPSA) is 29.3 Å². The summed E-state index contributed by atoms with van der Waals surface area (Å²) in [4.78, 5) is 2.43. The largest absolute Gasteiger partial charge is 0.329 e. The van der Waals surface area contributed by atoms with Crippen molar-refractivity contribution in [1.82, 2.24) is 4.90 Å². The second-order valence-corrected chi connectivity index (χ2v) is 4.86. The fourth-order valence-electron chi connectivity index (χ4n) is 2.60. The number of aryl methyl sites for hydroxylation is 1. The predicted molar refractivity (Wildman–Crippen MR) is 68.4 cm³/mol. The lowest BCUT2D eigenvalue weighted by Gasteiger charge is -2.34. The lowest BCUT2D eigenvalue weighted by atomic mass is 10.00.